The van der Waals surface area contributed by atoms with E-state index in [1.54, 1.807) is 6.92 Å². The minimum atomic E-state index is -3.02. The predicted molar refractivity (Wildman–Crippen MR) is 53.9 cm³/mol. The summed E-state index contributed by atoms with van der Waals surface area (Å²) >= 11 is 0. The molecule has 1 saturated heterocycles. The summed E-state index contributed by atoms with van der Waals surface area (Å²) in [4.78, 5) is 21.9. The van der Waals surface area contributed by atoms with Gasteiger partial charge >= 0.3 is 0 Å². The van der Waals surface area contributed by atoms with Crippen LogP contribution < -0.4 is 10.6 Å². The van der Waals surface area contributed by atoms with Crippen molar-refractivity contribution in [2.75, 3.05) is 18.1 Å². The molecule has 0 aliphatic carbocycles. The van der Waals surface area contributed by atoms with Gasteiger partial charge < -0.3 is 5.32 Å². The average molecular weight is 234 g/mol. The molecule has 1 rings (SSSR count). The maximum Gasteiger partial charge on any atom is 0.244 e. The van der Waals surface area contributed by atoms with Gasteiger partial charge in [0.1, 0.15) is 0 Å². The molecule has 1 heterocycles. The lowest BCUT2D eigenvalue weighted by Gasteiger charge is -2.08. The first kappa shape index (κ1) is 12.1. The molecular weight excluding hydrogens is 220 g/mol. The fourth-order valence-corrected chi connectivity index (χ4v) is 1.97. The van der Waals surface area contributed by atoms with E-state index in [1.807, 2.05) is 0 Å². The first-order valence-corrected chi connectivity index (χ1v) is 6.54. The molecule has 2 amide bonds. The Balaban J connectivity index is 2.33. The van der Waals surface area contributed by atoms with Crippen molar-refractivity contribution >= 4 is 21.7 Å². The lowest BCUT2D eigenvalue weighted by atomic mass is 10.2. The van der Waals surface area contributed by atoms with Gasteiger partial charge in [0.2, 0.25) is 11.8 Å². The van der Waals surface area contributed by atoms with Crippen LogP contribution in [0.3, 0.4) is 0 Å². The second kappa shape index (κ2) is 4.71. The molecule has 1 fully saturated rings. The van der Waals surface area contributed by atoms with Gasteiger partial charge in [-0.25, -0.2) is 8.42 Å². The third-order valence-electron chi connectivity index (χ3n) is 2.21. The van der Waals surface area contributed by atoms with Crippen molar-refractivity contribution in [1.82, 2.24) is 10.6 Å². The molecule has 1 aliphatic rings. The molecule has 0 aromatic heterocycles. The molecule has 86 valence electrons. The fraction of sp³-hybridized carbons (Fsp3) is 0.750. The molecule has 6 nitrogen and oxygen atoms in total. The van der Waals surface area contributed by atoms with E-state index in [4.69, 9.17) is 0 Å². The number of imide groups is 1. The van der Waals surface area contributed by atoms with Gasteiger partial charge in [-0.15, -0.1) is 0 Å². The summed E-state index contributed by atoms with van der Waals surface area (Å²) in [7, 11) is -3.02. The van der Waals surface area contributed by atoms with E-state index >= 15 is 0 Å². The van der Waals surface area contributed by atoms with Gasteiger partial charge in [-0.2, -0.15) is 0 Å². The zero-order valence-corrected chi connectivity index (χ0v) is 9.26. The Morgan fingerprint density at radius 1 is 1.47 bits per heavy atom. The SMILES string of the molecule is CCS(=O)(=O)CCNC1CC(=O)NC1=O. The summed E-state index contributed by atoms with van der Waals surface area (Å²) < 4.78 is 22.2. The van der Waals surface area contributed by atoms with E-state index in [-0.39, 0.29) is 36.3 Å². The van der Waals surface area contributed by atoms with E-state index in [2.05, 4.69) is 10.6 Å². The minimum absolute atomic E-state index is 0.0124. The maximum atomic E-state index is 11.1. The minimum Gasteiger partial charge on any atom is -0.304 e. The summed E-state index contributed by atoms with van der Waals surface area (Å²) in [5, 5.41) is 4.88. The van der Waals surface area contributed by atoms with Gasteiger partial charge in [0.05, 0.1) is 18.2 Å². The van der Waals surface area contributed by atoms with Gasteiger partial charge in [0.15, 0.2) is 9.84 Å². The van der Waals surface area contributed by atoms with Crippen molar-refractivity contribution in [2.45, 2.75) is 19.4 Å². The Bertz CT molecular complexity index is 363. The average Bonchev–Trinajstić information content (AvgIpc) is 2.45. The number of amides is 2. The van der Waals surface area contributed by atoms with Crippen LogP contribution in [0.5, 0.6) is 0 Å². The molecule has 0 bridgehead atoms. The first-order chi connectivity index (χ1) is 6.94. The molecule has 0 saturated carbocycles. The second-order valence-electron chi connectivity index (χ2n) is 3.36. The van der Waals surface area contributed by atoms with Gasteiger partial charge in [0.25, 0.3) is 0 Å². The number of nitrogens with one attached hydrogen (secondary N) is 2. The lowest BCUT2D eigenvalue weighted by molar-refractivity contribution is -0.125. The Labute approximate surface area is 88.3 Å². The normalized spacial score (nSPS) is 21.8. The van der Waals surface area contributed by atoms with Crippen LogP contribution in [0.15, 0.2) is 0 Å². The zero-order valence-electron chi connectivity index (χ0n) is 8.45. The van der Waals surface area contributed by atoms with Crippen molar-refractivity contribution in [3.8, 4) is 0 Å². The number of sulfone groups is 1. The van der Waals surface area contributed by atoms with Crippen LogP contribution in [0.25, 0.3) is 0 Å². The van der Waals surface area contributed by atoms with Crippen LogP contribution in [0, 0.1) is 0 Å². The molecule has 0 radical (unpaired) electrons. The fourth-order valence-electron chi connectivity index (χ4n) is 1.25. The summed E-state index contributed by atoms with van der Waals surface area (Å²) in [6, 6.07) is -0.579. The number of hydrogen-bond acceptors (Lipinski definition) is 5. The summed E-state index contributed by atoms with van der Waals surface area (Å²) in [5.41, 5.74) is 0. The molecule has 1 aliphatic heterocycles. The van der Waals surface area contributed by atoms with Gasteiger partial charge in [-0.05, 0) is 0 Å². The monoisotopic (exact) mass is 234 g/mol. The van der Waals surface area contributed by atoms with E-state index < -0.39 is 15.9 Å². The van der Waals surface area contributed by atoms with Crippen molar-refractivity contribution < 1.29 is 18.0 Å². The van der Waals surface area contributed by atoms with Crippen molar-refractivity contribution in [3.63, 3.8) is 0 Å². The van der Waals surface area contributed by atoms with E-state index in [0.717, 1.165) is 0 Å². The highest BCUT2D eigenvalue weighted by Gasteiger charge is 2.29. The third kappa shape index (κ3) is 3.60. The zero-order chi connectivity index (χ0) is 11.5. The molecule has 0 spiro atoms. The van der Waals surface area contributed by atoms with Gasteiger partial charge in [-0.1, -0.05) is 6.92 Å². The molecule has 1 unspecified atom stereocenters. The van der Waals surface area contributed by atoms with Crippen LogP contribution in [-0.4, -0.2) is 44.3 Å². The topological polar surface area (TPSA) is 92.3 Å². The molecule has 7 heteroatoms. The molecule has 15 heavy (non-hydrogen) atoms. The predicted octanol–water partition coefficient (Wildman–Crippen LogP) is -1.57. The first-order valence-electron chi connectivity index (χ1n) is 4.72. The Hall–Kier alpha value is -0.950. The number of carbonyl (C=O) groups excluding carboxylic acids is 2. The van der Waals surface area contributed by atoms with E-state index in [1.165, 1.54) is 0 Å². The number of rotatable bonds is 5. The smallest absolute Gasteiger partial charge is 0.244 e. The Morgan fingerprint density at radius 2 is 2.13 bits per heavy atom. The summed E-state index contributed by atoms with van der Waals surface area (Å²) in [6.07, 6.45) is 0.0883. The molecule has 0 aromatic carbocycles. The summed E-state index contributed by atoms with van der Waals surface area (Å²) in [5.74, 6) is -0.629. The molecule has 0 aromatic rings. The van der Waals surface area contributed by atoms with Crippen LogP contribution in [-0.2, 0) is 19.4 Å². The molecule has 1 atom stereocenters. The molecular formula is C8H14N2O4S. The molecule has 2 N–H and O–H groups in total. The summed E-state index contributed by atoms with van der Waals surface area (Å²) in [6.45, 7) is 1.77. The van der Waals surface area contributed by atoms with Gasteiger partial charge in [0, 0.05) is 12.3 Å². The highest BCUT2D eigenvalue weighted by Crippen LogP contribution is 2.00. The Morgan fingerprint density at radius 3 is 2.60 bits per heavy atom. The van der Waals surface area contributed by atoms with Gasteiger partial charge in [-0.3, -0.25) is 14.9 Å². The maximum absolute atomic E-state index is 11.1. The van der Waals surface area contributed by atoms with Crippen LogP contribution in [0.4, 0.5) is 0 Å². The highest BCUT2D eigenvalue weighted by molar-refractivity contribution is 7.91. The highest BCUT2D eigenvalue weighted by atomic mass is 32.2. The van der Waals surface area contributed by atoms with Crippen molar-refractivity contribution in [3.05, 3.63) is 0 Å². The van der Waals surface area contributed by atoms with E-state index in [9.17, 15) is 18.0 Å². The number of hydrogen-bond donors (Lipinski definition) is 2. The van der Waals surface area contributed by atoms with E-state index in [0.29, 0.717) is 0 Å². The lowest BCUT2D eigenvalue weighted by Crippen LogP contribution is -2.38. The second-order valence-corrected chi connectivity index (χ2v) is 5.83. The quantitative estimate of drug-likeness (QED) is 0.560. The van der Waals surface area contributed by atoms with Crippen molar-refractivity contribution in [2.24, 2.45) is 0 Å². The van der Waals surface area contributed by atoms with Crippen molar-refractivity contribution in [1.29, 1.82) is 0 Å². The number of carbonyl (C=O) groups is 2. The Kier molecular flexibility index (Phi) is 3.81. The third-order valence-corrected chi connectivity index (χ3v) is 3.92. The standard InChI is InChI=1S/C8H14N2O4S/c1-2-15(13,14)4-3-9-6-5-7(11)10-8(6)12/h6,9H,2-5H2,1H3,(H,10,11,12). The van der Waals surface area contributed by atoms with Crippen LogP contribution in [0.1, 0.15) is 13.3 Å². The van der Waals surface area contributed by atoms with Crippen LogP contribution >= 0.6 is 0 Å². The largest absolute Gasteiger partial charge is 0.304 e. The van der Waals surface area contributed by atoms with Crippen LogP contribution in [0.2, 0.25) is 0 Å².